The van der Waals surface area contributed by atoms with Gasteiger partial charge in [0.05, 0.1) is 5.70 Å². The van der Waals surface area contributed by atoms with Crippen molar-refractivity contribution in [2.24, 2.45) is 10.2 Å². The maximum absolute atomic E-state index is 12.3. The lowest BCUT2D eigenvalue weighted by Gasteiger charge is -2.02. The summed E-state index contributed by atoms with van der Waals surface area (Å²) in [6.07, 6.45) is 3.70. The minimum atomic E-state index is -0.514. The fourth-order valence-corrected chi connectivity index (χ4v) is 2.01. The predicted octanol–water partition coefficient (Wildman–Crippen LogP) is 3.70. The molecular weight excluding hydrogens is 240 g/mol. The number of rotatable bonds is 6. The highest BCUT2D eigenvalue weighted by Gasteiger charge is 2.28. The van der Waals surface area contributed by atoms with Gasteiger partial charge in [0.1, 0.15) is 5.57 Å². The molecular formula is C15H16N2O2. The molecule has 4 heteroatoms. The third-order valence-electron chi connectivity index (χ3n) is 3.04. The van der Waals surface area contributed by atoms with E-state index in [4.69, 9.17) is 0 Å². The summed E-state index contributed by atoms with van der Waals surface area (Å²) in [5.41, 5.74) is 1.18. The minimum Gasteiger partial charge on any atom is -0.288 e. The number of ketones is 1. The van der Waals surface area contributed by atoms with Crippen molar-refractivity contribution in [3.8, 4) is 0 Å². The zero-order valence-corrected chi connectivity index (χ0v) is 10.9. The van der Waals surface area contributed by atoms with Gasteiger partial charge in [-0.15, -0.1) is 5.11 Å². The van der Waals surface area contributed by atoms with Crippen LogP contribution in [0.3, 0.4) is 0 Å². The van der Waals surface area contributed by atoms with E-state index in [-0.39, 0.29) is 11.4 Å². The number of allylic oxidation sites excluding steroid dienone is 1. The van der Waals surface area contributed by atoms with Crippen LogP contribution in [-0.4, -0.2) is 11.7 Å². The summed E-state index contributed by atoms with van der Waals surface area (Å²) in [6.45, 7) is 2.10. The molecule has 0 saturated heterocycles. The largest absolute Gasteiger partial charge is 0.301 e. The average molecular weight is 256 g/mol. The molecule has 2 rings (SSSR count). The van der Waals surface area contributed by atoms with Crippen molar-refractivity contribution in [3.63, 3.8) is 0 Å². The molecule has 1 aliphatic rings. The number of carbonyl (C=O) groups is 2. The van der Waals surface area contributed by atoms with Crippen molar-refractivity contribution < 1.29 is 9.59 Å². The van der Waals surface area contributed by atoms with Crippen molar-refractivity contribution >= 4 is 11.7 Å². The molecule has 1 aromatic rings. The molecule has 0 spiro atoms. The Balaban J connectivity index is 2.22. The maximum atomic E-state index is 12.3. The smallest absolute Gasteiger partial charge is 0.288 e. The molecule has 98 valence electrons. The zero-order valence-electron chi connectivity index (χ0n) is 10.9. The summed E-state index contributed by atoms with van der Waals surface area (Å²) in [6, 6.07) is 8.78. The summed E-state index contributed by atoms with van der Waals surface area (Å²) in [7, 11) is 0. The fraction of sp³-hybridized carbons (Fsp3) is 0.333. The quantitative estimate of drug-likeness (QED) is 0.442. The standard InChI is InChI=1S/C15H16N2O2/c1-2-3-5-10-12-13(15(19)17-16-12)14(18)11-8-6-4-7-9-11/h4,6-9H,2-3,5,10H2,1H3. The molecule has 0 saturated carbocycles. The van der Waals surface area contributed by atoms with Crippen molar-refractivity contribution in [2.75, 3.05) is 0 Å². The Bertz CT molecular complexity index is 545. The molecule has 1 heterocycles. The van der Waals surface area contributed by atoms with Crippen LogP contribution in [0.4, 0.5) is 0 Å². The van der Waals surface area contributed by atoms with E-state index in [2.05, 4.69) is 17.2 Å². The van der Waals surface area contributed by atoms with Gasteiger partial charge in [0, 0.05) is 5.56 Å². The predicted molar refractivity (Wildman–Crippen MR) is 71.8 cm³/mol. The van der Waals surface area contributed by atoms with Crippen molar-refractivity contribution in [3.05, 3.63) is 47.2 Å². The molecule has 1 aromatic carbocycles. The second kappa shape index (κ2) is 6.18. The summed E-state index contributed by atoms with van der Waals surface area (Å²) in [4.78, 5) is 24.0. The molecule has 4 nitrogen and oxygen atoms in total. The molecule has 0 fully saturated rings. The second-order valence-corrected chi connectivity index (χ2v) is 4.48. The van der Waals surface area contributed by atoms with E-state index in [1.54, 1.807) is 24.3 Å². The lowest BCUT2D eigenvalue weighted by molar-refractivity contribution is -0.114. The molecule has 0 N–H and O–H groups in total. The molecule has 0 radical (unpaired) electrons. The zero-order chi connectivity index (χ0) is 13.7. The number of hydrogen-bond acceptors (Lipinski definition) is 3. The van der Waals surface area contributed by atoms with Crippen LogP contribution in [0, 0.1) is 0 Å². The van der Waals surface area contributed by atoms with Gasteiger partial charge in [0.15, 0.2) is 0 Å². The van der Waals surface area contributed by atoms with Crippen molar-refractivity contribution in [2.45, 2.75) is 32.6 Å². The molecule has 1 amide bonds. The van der Waals surface area contributed by atoms with Gasteiger partial charge in [-0.05, 0) is 12.8 Å². The first-order chi connectivity index (χ1) is 9.24. The highest BCUT2D eigenvalue weighted by molar-refractivity contribution is 6.27. The Hall–Kier alpha value is -2.10. The van der Waals surface area contributed by atoms with E-state index >= 15 is 0 Å². The Morgan fingerprint density at radius 3 is 2.53 bits per heavy atom. The fourth-order valence-electron chi connectivity index (χ4n) is 2.01. The number of amides is 1. The monoisotopic (exact) mass is 256 g/mol. The SMILES string of the molecule is CCCCCC1=C(C(=O)c2ccccc2)C(=O)N=N1. The van der Waals surface area contributed by atoms with E-state index in [9.17, 15) is 9.59 Å². The molecule has 0 atom stereocenters. The number of benzene rings is 1. The van der Waals surface area contributed by atoms with Crippen LogP contribution in [0.15, 0.2) is 51.8 Å². The topological polar surface area (TPSA) is 58.9 Å². The van der Waals surface area contributed by atoms with E-state index in [1.165, 1.54) is 0 Å². The van der Waals surface area contributed by atoms with Gasteiger partial charge in [-0.25, -0.2) is 0 Å². The number of Topliss-reactive ketones (excluding diaryl/α,β-unsaturated/α-hetero) is 1. The van der Waals surface area contributed by atoms with Crippen molar-refractivity contribution in [1.29, 1.82) is 0 Å². The van der Waals surface area contributed by atoms with Crippen LogP contribution in [0.2, 0.25) is 0 Å². The van der Waals surface area contributed by atoms with Gasteiger partial charge < -0.3 is 0 Å². The Kier molecular flexibility index (Phi) is 4.34. The van der Waals surface area contributed by atoms with E-state index in [1.807, 2.05) is 6.07 Å². The first-order valence-electron chi connectivity index (χ1n) is 6.53. The summed E-state index contributed by atoms with van der Waals surface area (Å²) >= 11 is 0. The number of carbonyl (C=O) groups excluding carboxylic acids is 2. The van der Waals surface area contributed by atoms with Crippen LogP contribution in [0.25, 0.3) is 0 Å². The van der Waals surface area contributed by atoms with Crippen LogP contribution in [0.5, 0.6) is 0 Å². The van der Waals surface area contributed by atoms with Gasteiger partial charge >= 0.3 is 5.91 Å². The van der Waals surface area contributed by atoms with Crippen LogP contribution in [0.1, 0.15) is 43.0 Å². The van der Waals surface area contributed by atoms with Gasteiger partial charge in [-0.2, -0.15) is 5.11 Å². The Morgan fingerprint density at radius 1 is 1.11 bits per heavy atom. The molecule has 19 heavy (non-hydrogen) atoms. The molecule has 0 aromatic heterocycles. The van der Waals surface area contributed by atoms with E-state index < -0.39 is 5.91 Å². The van der Waals surface area contributed by atoms with Crippen LogP contribution < -0.4 is 0 Å². The lowest BCUT2D eigenvalue weighted by atomic mass is 9.99. The highest BCUT2D eigenvalue weighted by Crippen LogP contribution is 2.25. The number of nitrogens with zero attached hydrogens (tertiary/aromatic N) is 2. The minimum absolute atomic E-state index is 0.141. The second-order valence-electron chi connectivity index (χ2n) is 4.48. The number of hydrogen-bond donors (Lipinski definition) is 0. The number of azo groups is 1. The molecule has 0 unspecified atom stereocenters. The van der Waals surface area contributed by atoms with Crippen LogP contribution >= 0.6 is 0 Å². The maximum Gasteiger partial charge on any atom is 0.301 e. The van der Waals surface area contributed by atoms with Gasteiger partial charge in [-0.1, -0.05) is 50.1 Å². The molecule has 0 aliphatic carbocycles. The van der Waals surface area contributed by atoms with Gasteiger partial charge in [0.2, 0.25) is 5.78 Å². The first-order valence-corrected chi connectivity index (χ1v) is 6.53. The third-order valence-corrected chi connectivity index (χ3v) is 3.04. The summed E-state index contributed by atoms with van der Waals surface area (Å²) in [5.74, 6) is -0.789. The van der Waals surface area contributed by atoms with Crippen LogP contribution in [-0.2, 0) is 4.79 Å². The van der Waals surface area contributed by atoms with Gasteiger partial charge in [0.25, 0.3) is 0 Å². The van der Waals surface area contributed by atoms with E-state index in [0.717, 1.165) is 19.3 Å². The average Bonchev–Trinajstić information content (AvgIpc) is 2.80. The number of unbranched alkanes of at least 4 members (excludes halogenated alkanes) is 2. The summed E-state index contributed by atoms with van der Waals surface area (Å²) in [5, 5.41) is 7.37. The Labute approximate surface area is 112 Å². The molecule has 0 bridgehead atoms. The Morgan fingerprint density at radius 2 is 1.84 bits per heavy atom. The third kappa shape index (κ3) is 3.02. The van der Waals surface area contributed by atoms with Crippen molar-refractivity contribution in [1.82, 2.24) is 0 Å². The molecule has 1 aliphatic heterocycles. The summed E-state index contributed by atoms with van der Waals surface area (Å²) < 4.78 is 0. The highest BCUT2D eigenvalue weighted by atomic mass is 16.2. The first kappa shape index (κ1) is 13.3. The normalized spacial score (nSPS) is 14.3. The lowest BCUT2D eigenvalue weighted by Crippen LogP contribution is -2.10. The van der Waals surface area contributed by atoms with E-state index in [0.29, 0.717) is 17.7 Å². The van der Waals surface area contributed by atoms with Gasteiger partial charge in [-0.3, -0.25) is 9.59 Å².